The largest absolute Gasteiger partial charge is 0.496 e. The third-order valence-corrected chi connectivity index (χ3v) is 4.75. The van der Waals surface area contributed by atoms with Crippen LogP contribution in [0.5, 0.6) is 11.5 Å². The number of methoxy groups -OCH3 is 2. The second-order valence-electron chi connectivity index (χ2n) is 8.43. The average molecular weight is 432 g/mol. The quantitative estimate of drug-likeness (QED) is 0.560. The topological polar surface area (TPSA) is 103 Å². The van der Waals surface area contributed by atoms with E-state index in [1.807, 2.05) is 32.0 Å². The van der Waals surface area contributed by atoms with Crippen molar-refractivity contribution < 1.29 is 24.2 Å². The van der Waals surface area contributed by atoms with Crippen LogP contribution in [0.25, 0.3) is 11.3 Å². The number of ether oxygens (including phenoxy) is 2. The van der Waals surface area contributed by atoms with Crippen molar-refractivity contribution in [3.05, 3.63) is 30.0 Å². The van der Waals surface area contributed by atoms with Gasteiger partial charge < -0.3 is 19.9 Å². The normalized spacial score (nSPS) is 12.1. The molecule has 0 aliphatic heterocycles. The monoisotopic (exact) mass is 431 g/mol. The fourth-order valence-electron chi connectivity index (χ4n) is 3.55. The summed E-state index contributed by atoms with van der Waals surface area (Å²) in [6.45, 7) is 8.70. The number of nitrogens with one attached hydrogen (secondary N) is 1. The Morgan fingerprint density at radius 3 is 2.19 bits per heavy atom. The van der Waals surface area contributed by atoms with Gasteiger partial charge in [0.15, 0.2) is 5.69 Å². The van der Waals surface area contributed by atoms with Crippen LogP contribution < -0.4 is 14.8 Å². The van der Waals surface area contributed by atoms with Crippen molar-refractivity contribution in [2.24, 2.45) is 11.8 Å². The van der Waals surface area contributed by atoms with Crippen LogP contribution >= 0.6 is 0 Å². The molecule has 1 heterocycles. The van der Waals surface area contributed by atoms with E-state index in [1.165, 1.54) is 0 Å². The molecular formula is C23H33N3O5. The molecule has 1 amide bonds. The average Bonchev–Trinajstić information content (AvgIpc) is 3.08. The predicted molar refractivity (Wildman–Crippen MR) is 119 cm³/mol. The molecule has 0 saturated heterocycles. The van der Waals surface area contributed by atoms with E-state index in [4.69, 9.17) is 9.47 Å². The zero-order valence-electron chi connectivity index (χ0n) is 19.1. The van der Waals surface area contributed by atoms with Gasteiger partial charge in [0.1, 0.15) is 11.5 Å². The highest BCUT2D eigenvalue weighted by Crippen LogP contribution is 2.38. The number of carboxylic acid groups (broad SMARTS) is 1. The number of nitrogens with zero attached hydrogens (tertiary/aromatic N) is 2. The van der Waals surface area contributed by atoms with Gasteiger partial charge in [-0.15, -0.1) is 0 Å². The van der Waals surface area contributed by atoms with Gasteiger partial charge in [0.25, 0.3) is 5.91 Å². The number of carboxylic acids is 1. The van der Waals surface area contributed by atoms with Crippen LogP contribution in [-0.2, 0) is 11.3 Å². The maximum absolute atomic E-state index is 13.0. The molecule has 0 fully saturated rings. The lowest BCUT2D eigenvalue weighted by molar-refractivity contribution is -0.137. The van der Waals surface area contributed by atoms with Crippen molar-refractivity contribution in [2.45, 2.75) is 53.1 Å². The number of aliphatic carboxylic acids is 1. The van der Waals surface area contributed by atoms with Crippen molar-refractivity contribution in [2.75, 3.05) is 14.2 Å². The summed E-state index contributed by atoms with van der Waals surface area (Å²) in [4.78, 5) is 24.2. The van der Waals surface area contributed by atoms with E-state index >= 15 is 0 Å². The van der Waals surface area contributed by atoms with Gasteiger partial charge in [-0.25, -0.2) is 0 Å². The zero-order chi connectivity index (χ0) is 23.1. The van der Waals surface area contributed by atoms with Gasteiger partial charge in [0.05, 0.1) is 31.9 Å². The second kappa shape index (κ2) is 10.8. The SMILES string of the molecule is COc1cccc(OC)c1-c1cc(C(=O)N[C@@H](CC(=O)O)CC(C)C)nn1CC(C)C. The number of carbonyl (C=O) groups is 2. The van der Waals surface area contributed by atoms with Crippen LogP contribution in [-0.4, -0.2) is 47.0 Å². The highest BCUT2D eigenvalue weighted by atomic mass is 16.5. The molecule has 1 atom stereocenters. The number of hydrogen-bond donors (Lipinski definition) is 2. The molecular weight excluding hydrogens is 398 g/mol. The smallest absolute Gasteiger partial charge is 0.305 e. The molecule has 1 aromatic heterocycles. The lowest BCUT2D eigenvalue weighted by Gasteiger charge is -2.18. The third-order valence-electron chi connectivity index (χ3n) is 4.75. The molecule has 8 nitrogen and oxygen atoms in total. The van der Waals surface area contributed by atoms with Gasteiger partial charge in [0.2, 0.25) is 0 Å². The standard InChI is InChI=1S/C23H33N3O5/c1-14(2)10-16(11-21(27)28)24-23(29)17-12-18(26(25-17)13-15(3)4)22-19(30-5)8-7-9-20(22)31-6/h7-9,12,14-16H,10-11,13H2,1-6H3,(H,24,29)(H,27,28)/t16-/m1/s1. The van der Waals surface area contributed by atoms with Crippen LogP contribution in [0, 0.1) is 11.8 Å². The Morgan fingerprint density at radius 1 is 1.10 bits per heavy atom. The molecule has 0 bridgehead atoms. The summed E-state index contributed by atoms with van der Waals surface area (Å²) >= 11 is 0. The molecule has 2 N–H and O–H groups in total. The van der Waals surface area contributed by atoms with E-state index < -0.39 is 17.9 Å². The lowest BCUT2D eigenvalue weighted by Crippen LogP contribution is -2.37. The summed E-state index contributed by atoms with van der Waals surface area (Å²) in [6, 6.07) is 6.72. The number of carbonyl (C=O) groups excluding carboxylic acids is 1. The first-order valence-corrected chi connectivity index (χ1v) is 10.5. The summed E-state index contributed by atoms with van der Waals surface area (Å²) in [7, 11) is 3.16. The Bertz CT molecular complexity index is 882. The molecule has 2 rings (SSSR count). The minimum atomic E-state index is -0.948. The minimum absolute atomic E-state index is 0.135. The van der Waals surface area contributed by atoms with E-state index in [0.717, 1.165) is 0 Å². The first-order valence-electron chi connectivity index (χ1n) is 10.5. The maximum atomic E-state index is 13.0. The Labute approximate surface area is 183 Å². The van der Waals surface area contributed by atoms with E-state index in [9.17, 15) is 14.7 Å². The first-order chi connectivity index (χ1) is 14.7. The van der Waals surface area contributed by atoms with Crippen molar-refractivity contribution in [1.82, 2.24) is 15.1 Å². The molecule has 0 aliphatic rings. The second-order valence-corrected chi connectivity index (χ2v) is 8.43. The van der Waals surface area contributed by atoms with Crippen molar-refractivity contribution in [1.29, 1.82) is 0 Å². The minimum Gasteiger partial charge on any atom is -0.496 e. The Balaban J connectivity index is 2.47. The van der Waals surface area contributed by atoms with E-state index in [2.05, 4.69) is 24.3 Å². The summed E-state index contributed by atoms with van der Waals surface area (Å²) in [5, 5.41) is 16.6. The van der Waals surface area contributed by atoms with E-state index in [-0.39, 0.29) is 24.0 Å². The highest BCUT2D eigenvalue weighted by Gasteiger charge is 2.24. The Hall–Kier alpha value is -3.03. The summed E-state index contributed by atoms with van der Waals surface area (Å²) < 4.78 is 12.8. The van der Waals surface area contributed by atoms with E-state index in [1.54, 1.807) is 25.0 Å². The van der Waals surface area contributed by atoms with E-state index in [0.29, 0.717) is 35.7 Å². The molecule has 0 spiro atoms. The highest BCUT2D eigenvalue weighted by molar-refractivity contribution is 5.94. The summed E-state index contributed by atoms with van der Waals surface area (Å²) in [6.07, 6.45) is 0.432. The zero-order valence-corrected chi connectivity index (χ0v) is 19.1. The van der Waals surface area contributed by atoms with Gasteiger partial charge in [-0.3, -0.25) is 14.3 Å². The van der Waals surface area contributed by atoms with Gasteiger partial charge in [-0.1, -0.05) is 33.8 Å². The molecule has 0 radical (unpaired) electrons. The van der Waals surface area contributed by atoms with Crippen LogP contribution in [0.1, 0.15) is 51.0 Å². The number of rotatable bonds is 11. The predicted octanol–water partition coefficient (Wildman–Crippen LogP) is 3.84. The van der Waals surface area contributed by atoms with Crippen molar-refractivity contribution >= 4 is 11.9 Å². The van der Waals surface area contributed by atoms with Gasteiger partial charge in [0, 0.05) is 12.6 Å². The summed E-state index contributed by atoms with van der Waals surface area (Å²) in [5.41, 5.74) is 1.64. The van der Waals surface area contributed by atoms with Crippen molar-refractivity contribution in [3.8, 4) is 22.8 Å². The Kier molecular flexibility index (Phi) is 8.47. The van der Waals surface area contributed by atoms with Gasteiger partial charge in [-0.05, 0) is 36.5 Å². The van der Waals surface area contributed by atoms with Gasteiger partial charge >= 0.3 is 5.97 Å². The number of aromatic nitrogens is 2. The van der Waals surface area contributed by atoms with Gasteiger partial charge in [-0.2, -0.15) is 5.10 Å². The van der Waals surface area contributed by atoms with Crippen LogP contribution in [0.15, 0.2) is 24.3 Å². The molecule has 170 valence electrons. The maximum Gasteiger partial charge on any atom is 0.305 e. The van der Waals surface area contributed by atoms with Crippen LogP contribution in [0.4, 0.5) is 0 Å². The molecule has 0 saturated carbocycles. The van der Waals surface area contributed by atoms with Crippen LogP contribution in [0.2, 0.25) is 0 Å². The lowest BCUT2D eigenvalue weighted by atomic mass is 10.0. The molecule has 0 unspecified atom stereocenters. The van der Waals surface area contributed by atoms with Crippen molar-refractivity contribution in [3.63, 3.8) is 0 Å². The summed E-state index contributed by atoms with van der Waals surface area (Å²) in [5.74, 6) is 0.410. The molecule has 0 aliphatic carbocycles. The molecule has 8 heteroatoms. The number of amides is 1. The fourth-order valence-corrected chi connectivity index (χ4v) is 3.55. The number of benzene rings is 1. The molecule has 1 aromatic carbocycles. The number of hydrogen-bond acceptors (Lipinski definition) is 5. The molecule has 31 heavy (non-hydrogen) atoms. The fraction of sp³-hybridized carbons (Fsp3) is 0.522. The molecule has 2 aromatic rings. The Morgan fingerprint density at radius 2 is 1.71 bits per heavy atom. The first kappa shape index (κ1) is 24.2. The third kappa shape index (κ3) is 6.47. The van der Waals surface area contributed by atoms with Crippen LogP contribution in [0.3, 0.4) is 0 Å².